The molecule has 0 atom stereocenters. The minimum Gasteiger partial charge on any atom is -0.496 e. The summed E-state index contributed by atoms with van der Waals surface area (Å²) in [6, 6.07) is 9.05. The molecule has 1 aliphatic carbocycles. The number of aromatic nitrogens is 1. The second-order valence-corrected chi connectivity index (χ2v) is 6.98. The molecule has 1 fully saturated rings. The van der Waals surface area contributed by atoms with Gasteiger partial charge in [0.1, 0.15) is 10.8 Å². The Kier molecular flexibility index (Phi) is 3.73. The zero-order chi connectivity index (χ0) is 16.7. The first-order chi connectivity index (χ1) is 11.7. The van der Waals surface area contributed by atoms with Gasteiger partial charge in [-0.05, 0) is 48.6 Å². The Morgan fingerprint density at radius 2 is 2.12 bits per heavy atom. The van der Waals surface area contributed by atoms with Gasteiger partial charge in [0.2, 0.25) is 0 Å². The van der Waals surface area contributed by atoms with Gasteiger partial charge in [0.15, 0.2) is 0 Å². The predicted molar refractivity (Wildman–Crippen MR) is 95.2 cm³/mol. The van der Waals surface area contributed by atoms with Crippen molar-refractivity contribution in [3.8, 4) is 16.3 Å². The van der Waals surface area contributed by atoms with E-state index in [0.717, 1.165) is 27.1 Å². The molecule has 1 N–H and O–H groups in total. The van der Waals surface area contributed by atoms with Crippen LogP contribution in [0.15, 0.2) is 35.7 Å². The SMILES string of the molecule is COc1cc(-c2nc(C3CCC3)cs2)cc2cc(C(=O)O)ccc12. The van der Waals surface area contributed by atoms with Gasteiger partial charge in [-0.15, -0.1) is 11.3 Å². The fourth-order valence-electron chi connectivity index (χ4n) is 3.07. The number of aromatic carboxylic acids is 1. The minimum atomic E-state index is -0.928. The highest BCUT2D eigenvalue weighted by Gasteiger charge is 2.22. The molecular formula is C19H17NO3S. The summed E-state index contributed by atoms with van der Waals surface area (Å²) in [5.41, 5.74) is 2.42. The molecule has 4 rings (SSSR count). The van der Waals surface area contributed by atoms with Gasteiger partial charge >= 0.3 is 5.97 Å². The highest BCUT2D eigenvalue weighted by atomic mass is 32.1. The molecule has 0 spiro atoms. The molecule has 1 saturated carbocycles. The smallest absolute Gasteiger partial charge is 0.335 e. The van der Waals surface area contributed by atoms with Crippen LogP contribution < -0.4 is 4.74 Å². The van der Waals surface area contributed by atoms with Gasteiger partial charge in [-0.25, -0.2) is 9.78 Å². The lowest BCUT2D eigenvalue weighted by molar-refractivity contribution is 0.0697. The molecule has 3 aromatic rings. The molecule has 1 aromatic heterocycles. The lowest BCUT2D eigenvalue weighted by atomic mass is 9.83. The summed E-state index contributed by atoms with van der Waals surface area (Å²) in [6.07, 6.45) is 3.75. The zero-order valence-corrected chi connectivity index (χ0v) is 14.1. The van der Waals surface area contributed by atoms with Crippen LogP contribution in [0.5, 0.6) is 5.75 Å². The molecule has 0 bridgehead atoms. The van der Waals surface area contributed by atoms with E-state index in [9.17, 15) is 9.90 Å². The van der Waals surface area contributed by atoms with Gasteiger partial charge in [-0.2, -0.15) is 0 Å². The van der Waals surface area contributed by atoms with Crippen molar-refractivity contribution in [3.05, 3.63) is 47.0 Å². The molecule has 2 aromatic carbocycles. The van der Waals surface area contributed by atoms with E-state index in [2.05, 4.69) is 5.38 Å². The Balaban J connectivity index is 1.82. The van der Waals surface area contributed by atoms with Crippen molar-refractivity contribution in [1.29, 1.82) is 0 Å². The number of ether oxygens (including phenoxy) is 1. The maximum atomic E-state index is 11.2. The third-order valence-corrected chi connectivity index (χ3v) is 5.58. The predicted octanol–water partition coefficient (Wildman–Crippen LogP) is 4.94. The van der Waals surface area contributed by atoms with Crippen molar-refractivity contribution in [2.45, 2.75) is 25.2 Å². The Bertz CT molecular complexity index is 928. The maximum Gasteiger partial charge on any atom is 0.335 e. The van der Waals surface area contributed by atoms with Crippen molar-refractivity contribution in [2.24, 2.45) is 0 Å². The van der Waals surface area contributed by atoms with E-state index < -0.39 is 5.97 Å². The standard InChI is InChI=1S/C19H17NO3S/c1-23-17-9-14(18-20-16(10-24-18)11-3-2-4-11)8-13-7-12(19(21)22)5-6-15(13)17/h5-11H,2-4H2,1H3,(H,21,22). The number of nitrogens with zero attached hydrogens (tertiary/aromatic N) is 1. The Labute approximate surface area is 143 Å². The van der Waals surface area contributed by atoms with E-state index >= 15 is 0 Å². The monoisotopic (exact) mass is 339 g/mol. The van der Waals surface area contributed by atoms with Crippen molar-refractivity contribution in [2.75, 3.05) is 7.11 Å². The van der Waals surface area contributed by atoms with E-state index in [-0.39, 0.29) is 5.56 Å². The number of hydrogen-bond acceptors (Lipinski definition) is 4. The molecule has 1 aliphatic rings. The van der Waals surface area contributed by atoms with Crippen LogP contribution in [-0.4, -0.2) is 23.2 Å². The fraction of sp³-hybridized carbons (Fsp3) is 0.263. The molecule has 0 radical (unpaired) electrons. The topological polar surface area (TPSA) is 59.4 Å². The largest absolute Gasteiger partial charge is 0.496 e. The second kappa shape index (κ2) is 5.91. The van der Waals surface area contributed by atoms with Gasteiger partial charge in [0.25, 0.3) is 0 Å². The third-order valence-electron chi connectivity index (χ3n) is 4.67. The number of carboxylic acid groups (broad SMARTS) is 1. The van der Waals surface area contributed by atoms with Crippen LogP contribution in [0.2, 0.25) is 0 Å². The summed E-state index contributed by atoms with van der Waals surface area (Å²) in [7, 11) is 1.63. The summed E-state index contributed by atoms with van der Waals surface area (Å²) in [5, 5.41) is 14.1. The maximum absolute atomic E-state index is 11.2. The van der Waals surface area contributed by atoms with Crippen LogP contribution in [0.25, 0.3) is 21.3 Å². The Morgan fingerprint density at radius 3 is 2.79 bits per heavy atom. The minimum absolute atomic E-state index is 0.274. The summed E-state index contributed by atoms with van der Waals surface area (Å²) in [4.78, 5) is 16.0. The van der Waals surface area contributed by atoms with Crippen LogP contribution in [0, 0.1) is 0 Å². The molecule has 0 saturated heterocycles. The number of benzene rings is 2. The van der Waals surface area contributed by atoms with Gasteiger partial charge in [-0.3, -0.25) is 0 Å². The van der Waals surface area contributed by atoms with Crippen LogP contribution in [0.3, 0.4) is 0 Å². The van der Waals surface area contributed by atoms with Crippen molar-refractivity contribution < 1.29 is 14.6 Å². The van der Waals surface area contributed by atoms with Gasteiger partial charge < -0.3 is 9.84 Å². The third kappa shape index (κ3) is 2.55. The second-order valence-electron chi connectivity index (χ2n) is 6.12. The zero-order valence-electron chi connectivity index (χ0n) is 13.3. The molecule has 24 heavy (non-hydrogen) atoms. The summed E-state index contributed by atoms with van der Waals surface area (Å²) in [5.74, 6) is 0.415. The molecule has 122 valence electrons. The number of thiazole rings is 1. The average Bonchev–Trinajstić information content (AvgIpc) is 3.00. The number of fused-ring (bicyclic) bond motifs is 1. The first-order valence-corrected chi connectivity index (χ1v) is 8.84. The lowest BCUT2D eigenvalue weighted by Crippen LogP contribution is -2.08. The molecule has 5 heteroatoms. The van der Waals surface area contributed by atoms with E-state index in [0.29, 0.717) is 5.92 Å². The number of methoxy groups -OCH3 is 1. The number of carbonyl (C=O) groups is 1. The molecule has 0 unspecified atom stereocenters. The molecule has 1 heterocycles. The average molecular weight is 339 g/mol. The van der Waals surface area contributed by atoms with E-state index in [1.807, 2.05) is 12.1 Å². The normalized spacial score (nSPS) is 14.5. The van der Waals surface area contributed by atoms with E-state index in [1.165, 1.54) is 25.0 Å². The summed E-state index contributed by atoms with van der Waals surface area (Å²) in [6.45, 7) is 0. The summed E-state index contributed by atoms with van der Waals surface area (Å²) < 4.78 is 5.51. The number of hydrogen-bond donors (Lipinski definition) is 1. The Hall–Kier alpha value is -2.40. The molecule has 0 amide bonds. The Morgan fingerprint density at radius 1 is 1.29 bits per heavy atom. The van der Waals surface area contributed by atoms with Gasteiger partial charge in [0, 0.05) is 22.2 Å². The fourth-order valence-corrected chi connectivity index (χ4v) is 3.96. The summed E-state index contributed by atoms with van der Waals surface area (Å²) >= 11 is 1.64. The first-order valence-electron chi connectivity index (χ1n) is 7.96. The molecule has 4 nitrogen and oxygen atoms in total. The van der Waals surface area contributed by atoms with E-state index in [4.69, 9.17) is 9.72 Å². The van der Waals surface area contributed by atoms with Crippen LogP contribution in [0.4, 0.5) is 0 Å². The van der Waals surface area contributed by atoms with Crippen molar-refractivity contribution in [1.82, 2.24) is 4.98 Å². The van der Waals surface area contributed by atoms with Crippen LogP contribution in [-0.2, 0) is 0 Å². The van der Waals surface area contributed by atoms with Crippen LogP contribution in [0.1, 0.15) is 41.2 Å². The van der Waals surface area contributed by atoms with E-state index in [1.54, 1.807) is 36.6 Å². The van der Waals surface area contributed by atoms with Crippen molar-refractivity contribution >= 4 is 28.1 Å². The quantitative estimate of drug-likeness (QED) is 0.731. The molecular weight excluding hydrogens is 322 g/mol. The number of rotatable bonds is 4. The highest BCUT2D eigenvalue weighted by molar-refractivity contribution is 7.13. The first kappa shape index (κ1) is 15.1. The van der Waals surface area contributed by atoms with Gasteiger partial charge in [0.05, 0.1) is 18.4 Å². The molecule has 0 aliphatic heterocycles. The lowest BCUT2D eigenvalue weighted by Gasteiger charge is -2.23. The van der Waals surface area contributed by atoms with Gasteiger partial charge in [-0.1, -0.05) is 6.42 Å². The van der Waals surface area contributed by atoms with Crippen molar-refractivity contribution in [3.63, 3.8) is 0 Å². The number of carboxylic acids is 1. The van der Waals surface area contributed by atoms with Crippen LogP contribution >= 0.6 is 11.3 Å². The highest BCUT2D eigenvalue weighted by Crippen LogP contribution is 2.39.